The number of likely N-dealkylation sites (tertiary alicyclic amines) is 1. The molecule has 1 saturated heterocycles. The minimum absolute atomic E-state index is 0.100. The molecule has 1 unspecified atom stereocenters. The Labute approximate surface area is 201 Å². The number of ketones is 1. The molecule has 0 spiro atoms. The van der Waals surface area contributed by atoms with Crippen LogP contribution in [-0.2, 0) is 23.9 Å². The summed E-state index contributed by atoms with van der Waals surface area (Å²) in [5, 5.41) is 16.3. The van der Waals surface area contributed by atoms with E-state index in [0.717, 1.165) is 6.42 Å². The van der Waals surface area contributed by atoms with E-state index < -0.39 is 42.4 Å². The van der Waals surface area contributed by atoms with E-state index >= 15 is 0 Å². The molecular weight excluding hydrogens is 444 g/mol. The van der Waals surface area contributed by atoms with Gasteiger partial charge in [-0.3, -0.25) is 24.1 Å². The second kappa shape index (κ2) is 14.5. The summed E-state index contributed by atoms with van der Waals surface area (Å²) in [6.45, 7) is 10.4. The molecule has 194 valence electrons. The summed E-state index contributed by atoms with van der Waals surface area (Å²) in [4.78, 5) is 62.3. The zero-order chi connectivity index (χ0) is 25.8. The number of carbonyl (C=O) groups is 5. The average molecular weight is 485 g/mol. The predicted molar refractivity (Wildman–Crippen MR) is 125 cm³/mol. The number of carboxylic acid groups (broad SMARTS) is 1. The molecule has 34 heavy (non-hydrogen) atoms. The van der Waals surface area contributed by atoms with Crippen molar-refractivity contribution in [2.75, 3.05) is 26.2 Å². The SMILES string of the molecule is CCCC(NC(=O)[C@@H]1CCCN1C[C@@H](NC(=O)OCC(C)C)C(C)C)C(=O)C(=O)NCC(=O)O. The molecule has 11 heteroatoms. The van der Waals surface area contributed by atoms with Crippen LogP contribution in [-0.4, -0.2) is 84.0 Å². The second-order valence-electron chi connectivity index (χ2n) is 9.43. The van der Waals surface area contributed by atoms with Crippen molar-refractivity contribution < 1.29 is 33.8 Å². The number of aliphatic carboxylic acids is 1. The number of nitrogens with zero attached hydrogens (tertiary/aromatic N) is 1. The third kappa shape index (κ3) is 10.1. The minimum Gasteiger partial charge on any atom is -0.480 e. The van der Waals surface area contributed by atoms with Crippen LogP contribution < -0.4 is 16.0 Å². The minimum atomic E-state index is -1.26. The van der Waals surface area contributed by atoms with Crippen molar-refractivity contribution >= 4 is 29.7 Å². The van der Waals surface area contributed by atoms with E-state index in [4.69, 9.17) is 9.84 Å². The van der Waals surface area contributed by atoms with Crippen molar-refractivity contribution in [2.24, 2.45) is 11.8 Å². The highest BCUT2D eigenvalue weighted by Gasteiger charge is 2.36. The van der Waals surface area contributed by atoms with Crippen LogP contribution in [0.15, 0.2) is 0 Å². The van der Waals surface area contributed by atoms with Crippen molar-refractivity contribution in [3.63, 3.8) is 0 Å². The molecule has 4 N–H and O–H groups in total. The van der Waals surface area contributed by atoms with Crippen molar-refractivity contribution in [2.45, 2.75) is 78.4 Å². The maximum Gasteiger partial charge on any atom is 0.407 e. The van der Waals surface area contributed by atoms with Gasteiger partial charge in [0.2, 0.25) is 11.7 Å². The van der Waals surface area contributed by atoms with Crippen LogP contribution in [0.25, 0.3) is 0 Å². The Balaban J connectivity index is 2.79. The van der Waals surface area contributed by atoms with Crippen LogP contribution in [0.1, 0.15) is 60.3 Å². The van der Waals surface area contributed by atoms with Gasteiger partial charge in [0, 0.05) is 12.6 Å². The van der Waals surface area contributed by atoms with Gasteiger partial charge in [-0.25, -0.2) is 4.79 Å². The van der Waals surface area contributed by atoms with Gasteiger partial charge >= 0.3 is 12.1 Å². The number of Topliss-reactive ketones (excluding diaryl/α,β-unsaturated/α-hetero) is 1. The summed E-state index contributed by atoms with van der Waals surface area (Å²) < 4.78 is 5.23. The van der Waals surface area contributed by atoms with E-state index in [0.29, 0.717) is 32.5 Å². The van der Waals surface area contributed by atoms with Gasteiger partial charge in [-0.2, -0.15) is 0 Å². The van der Waals surface area contributed by atoms with Gasteiger partial charge in [0.25, 0.3) is 5.91 Å². The third-order valence-electron chi connectivity index (χ3n) is 5.59. The predicted octanol–water partition coefficient (Wildman–Crippen LogP) is 0.912. The molecule has 0 aromatic heterocycles. The maximum atomic E-state index is 13.0. The highest BCUT2D eigenvalue weighted by atomic mass is 16.5. The highest BCUT2D eigenvalue weighted by molar-refractivity contribution is 6.38. The molecule has 1 aliphatic rings. The first-order valence-corrected chi connectivity index (χ1v) is 12.0. The Kier molecular flexibility index (Phi) is 12.6. The molecule has 3 atom stereocenters. The Hall–Kier alpha value is -2.69. The highest BCUT2D eigenvalue weighted by Crippen LogP contribution is 2.20. The molecule has 0 saturated carbocycles. The number of hydrogen-bond acceptors (Lipinski definition) is 7. The van der Waals surface area contributed by atoms with Gasteiger partial charge in [0.1, 0.15) is 6.54 Å². The first-order valence-electron chi connectivity index (χ1n) is 12.0. The lowest BCUT2D eigenvalue weighted by molar-refractivity contribution is -0.143. The third-order valence-corrected chi connectivity index (χ3v) is 5.59. The molecule has 0 aromatic carbocycles. The number of nitrogens with one attached hydrogen (secondary N) is 3. The van der Waals surface area contributed by atoms with E-state index in [9.17, 15) is 24.0 Å². The molecular formula is C23H40N4O7. The summed E-state index contributed by atoms with van der Waals surface area (Å²) in [7, 11) is 0. The number of hydrogen-bond donors (Lipinski definition) is 4. The molecule has 0 bridgehead atoms. The van der Waals surface area contributed by atoms with Crippen LogP contribution in [0.3, 0.4) is 0 Å². The van der Waals surface area contributed by atoms with Gasteiger partial charge in [-0.15, -0.1) is 0 Å². The van der Waals surface area contributed by atoms with Crippen LogP contribution in [0.2, 0.25) is 0 Å². The van der Waals surface area contributed by atoms with E-state index in [1.807, 2.05) is 44.8 Å². The molecule has 0 aliphatic carbocycles. The maximum absolute atomic E-state index is 13.0. The van der Waals surface area contributed by atoms with Crippen LogP contribution in [0.5, 0.6) is 0 Å². The Bertz CT molecular complexity index is 726. The van der Waals surface area contributed by atoms with Crippen molar-refractivity contribution in [3.05, 3.63) is 0 Å². The molecule has 3 amide bonds. The monoisotopic (exact) mass is 484 g/mol. The number of alkyl carbamates (subject to hydrolysis) is 1. The summed E-state index contributed by atoms with van der Waals surface area (Å²) in [5.41, 5.74) is 0. The Morgan fingerprint density at radius 3 is 2.32 bits per heavy atom. The number of rotatable bonds is 14. The smallest absolute Gasteiger partial charge is 0.407 e. The van der Waals surface area contributed by atoms with E-state index in [2.05, 4.69) is 10.6 Å². The Morgan fingerprint density at radius 2 is 1.76 bits per heavy atom. The zero-order valence-corrected chi connectivity index (χ0v) is 20.9. The van der Waals surface area contributed by atoms with Crippen LogP contribution in [0, 0.1) is 11.8 Å². The fourth-order valence-electron chi connectivity index (χ4n) is 3.68. The summed E-state index contributed by atoms with van der Waals surface area (Å²) >= 11 is 0. The van der Waals surface area contributed by atoms with Crippen LogP contribution in [0.4, 0.5) is 4.79 Å². The molecule has 0 radical (unpaired) electrons. The lowest BCUT2D eigenvalue weighted by Crippen LogP contribution is -2.55. The van der Waals surface area contributed by atoms with E-state index in [-0.39, 0.29) is 30.2 Å². The summed E-state index contributed by atoms with van der Waals surface area (Å²) in [6, 6.07) is -1.76. The molecule has 1 heterocycles. The molecule has 11 nitrogen and oxygen atoms in total. The largest absolute Gasteiger partial charge is 0.480 e. The second-order valence-corrected chi connectivity index (χ2v) is 9.43. The number of carboxylic acids is 1. The van der Waals surface area contributed by atoms with Crippen molar-refractivity contribution in [1.82, 2.24) is 20.9 Å². The average Bonchev–Trinajstić information content (AvgIpc) is 3.22. The topological polar surface area (TPSA) is 154 Å². The van der Waals surface area contributed by atoms with E-state index in [1.165, 1.54) is 0 Å². The van der Waals surface area contributed by atoms with Gasteiger partial charge in [0.15, 0.2) is 0 Å². The molecule has 1 rings (SSSR count). The zero-order valence-electron chi connectivity index (χ0n) is 20.9. The van der Waals surface area contributed by atoms with Gasteiger partial charge in [-0.1, -0.05) is 41.0 Å². The number of carbonyl (C=O) groups excluding carboxylic acids is 4. The quantitative estimate of drug-likeness (QED) is 0.265. The first-order chi connectivity index (χ1) is 16.0. The number of amides is 3. The first kappa shape index (κ1) is 29.3. The standard InChI is InChI=1S/C23H40N4O7/c1-6-8-16(20(30)22(32)24-11-19(28)29)25-21(31)18-9-7-10-27(18)12-17(15(4)5)26-23(33)34-13-14(2)3/h14-18H,6-13H2,1-5H3,(H,24,32)(H,25,31)(H,26,33)(H,28,29)/t16?,17-,18+/m1/s1. The fourth-order valence-corrected chi connectivity index (χ4v) is 3.68. The fraction of sp³-hybridized carbons (Fsp3) is 0.783. The van der Waals surface area contributed by atoms with Gasteiger partial charge in [-0.05, 0) is 37.6 Å². The molecule has 1 fully saturated rings. The lowest BCUT2D eigenvalue weighted by atomic mass is 10.0. The number of ether oxygens (including phenoxy) is 1. The summed E-state index contributed by atoms with van der Waals surface area (Å²) in [5.74, 6) is -3.20. The summed E-state index contributed by atoms with van der Waals surface area (Å²) in [6.07, 6.45) is 1.69. The van der Waals surface area contributed by atoms with Crippen molar-refractivity contribution in [3.8, 4) is 0 Å². The molecule has 0 aromatic rings. The molecule has 1 aliphatic heterocycles. The normalized spacial score (nSPS) is 17.8. The van der Waals surface area contributed by atoms with Gasteiger partial charge in [0.05, 0.1) is 18.7 Å². The lowest BCUT2D eigenvalue weighted by Gasteiger charge is -2.31. The van der Waals surface area contributed by atoms with E-state index in [1.54, 1.807) is 0 Å². The Morgan fingerprint density at radius 1 is 1.09 bits per heavy atom. The van der Waals surface area contributed by atoms with Crippen LogP contribution >= 0.6 is 0 Å². The van der Waals surface area contributed by atoms with Gasteiger partial charge < -0.3 is 25.8 Å². The van der Waals surface area contributed by atoms with Crippen molar-refractivity contribution in [1.29, 1.82) is 0 Å².